The second-order valence-corrected chi connectivity index (χ2v) is 4.61. The highest BCUT2D eigenvalue weighted by atomic mass is 15.0. The molecule has 1 heteroatoms. The highest BCUT2D eigenvalue weighted by Crippen LogP contribution is 2.40. The molecule has 1 aliphatic carbocycles. The Morgan fingerprint density at radius 3 is 2.53 bits per heavy atom. The smallest absolute Gasteiger partial charge is 0.0216 e. The van der Waals surface area contributed by atoms with E-state index in [4.69, 9.17) is 0 Å². The third-order valence-corrected chi connectivity index (χ3v) is 3.21. The molecule has 1 aromatic carbocycles. The van der Waals surface area contributed by atoms with E-state index in [1.165, 1.54) is 30.4 Å². The molecular formula is C14H19N. The van der Waals surface area contributed by atoms with Gasteiger partial charge < -0.3 is 5.32 Å². The number of rotatable bonds is 4. The fourth-order valence-electron chi connectivity index (χ4n) is 2.08. The number of nitrogens with one attached hydrogen (secondary N) is 1. The molecule has 1 saturated carbocycles. The predicted octanol–water partition coefficient (Wildman–Crippen LogP) is 3.23. The highest BCUT2D eigenvalue weighted by molar-refractivity contribution is 5.52. The van der Waals surface area contributed by atoms with Crippen molar-refractivity contribution in [2.75, 3.05) is 7.05 Å². The Morgan fingerprint density at radius 1 is 1.33 bits per heavy atom. The molecule has 1 aliphatic rings. The zero-order valence-corrected chi connectivity index (χ0v) is 9.59. The van der Waals surface area contributed by atoms with Crippen LogP contribution in [0.5, 0.6) is 0 Å². The molecule has 0 bridgehead atoms. The Labute approximate surface area is 92.2 Å². The molecule has 0 heterocycles. The van der Waals surface area contributed by atoms with Crippen molar-refractivity contribution in [2.45, 2.75) is 31.7 Å². The minimum absolute atomic E-state index is 0.426. The van der Waals surface area contributed by atoms with Gasteiger partial charge in [0.1, 0.15) is 0 Å². The van der Waals surface area contributed by atoms with Gasteiger partial charge in [0.2, 0.25) is 0 Å². The summed E-state index contributed by atoms with van der Waals surface area (Å²) < 4.78 is 0. The van der Waals surface area contributed by atoms with Crippen LogP contribution >= 0.6 is 0 Å². The summed E-state index contributed by atoms with van der Waals surface area (Å²) >= 11 is 0. The van der Waals surface area contributed by atoms with Gasteiger partial charge in [0.05, 0.1) is 0 Å². The van der Waals surface area contributed by atoms with E-state index in [0.717, 1.165) is 0 Å². The SMILES string of the molecule is CNC1(C/C(C)=C/c2ccccc2)CC1. The maximum absolute atomic E-state index is 3.43. The quantitative estimate of drug-likeness (QED) is 0.788. The van der Waals surface area contributed by atoms with E-state index >= 15 is 0 Å². The van der Waals surface area contributed by atoms with E-state index in [9.17, 15) is 0 Å². The van der Waals surface area contributed by atoms with Crippen LogP contribution in [0.2, 0.25) is 0 Å². The molecule has 80 valence electrons. The fraction of sp³-hybridized carbons (Fsp3) is 0.429. The monoisotopic (exact) mass is 201 g/mol. The third kappa shape index (κ3) is 2.69. The molecule has 0 saturated heterocycles. The lowest BCUT2D eigenvalue weighted by Crippen LogP contribution is -2.27. The molecule has 15 heavy (non-hydrogen) atoms. The van der Waals surface area contributed by atoms with Crippen LogP contribution in [0.25, 0.3) is 6.08 Å². The maximum atomic E-state index is 3.43. The fourth-order valence-corrected chi connectivity index (χ4v) is 2.08. The zero-order chi connectivity index (χ0) is 10.7. The van der Waals surface area contributed by atoms with Gasteiger partial charge in [-0.15, -0.1) is 0 Å². The van der Waals surface area contributed by atoms with E-state index in [-0.39, 0.29) is 0 Å². The van der Waals surface area contributed by atoms with Gasteiger partial charge in [0.25, 0.3) is 0 Å². The van der Waals surface area contributed by atoms with Crippen LogP contribution in [-0.2, 0) is 0 Å². The van der Waals surface area contributed by atoms with E-state index in [1.54, 1.807) is 0 Å². The second-order valence-electron chi connectivity index (χ2n) is 4.61. The van der Waals surface area contributed by atoms with Gasteiger partial charge in [-0.05, 0) is 38.8 Å². The molecule has 0 aliphatic heterocycles. The van der Waals surface area contributed by atoms with Gasteiger partial charge >= 0.3 is 0 Å². The van der Waals surface area contributed by atoms with Crippen LogP contribution in [0.1, 0.15) is 31.7 Å². The first-order valence-corrected chi connectivity index (χ1v) is 5.65. The van der Waals surface area contributed by atoms with Crippen LogP contribution in [-0.4, -0.2) is 12.6 Å². The van der Waals surface area contributed by atoms with Crippen molar-refractivity contribution < 1.29 is 0 Å². The van der Waals surface area contributed by atoms with Gasteiger partial charge in [-0.1, -0.05) is 42.0 Å². The molecule has 1 fully saturated rings. The van der Waals surface area contributed by atoms with Crippen molar-refractivity contribution in [3.05, 3.63) is 41.5 Å². The van der Waals surface area contributed by atoms with Gasteiger partial charge in [-0.3, -0.25) is 0 Å². The lowest BCUT2D eigenvalue weighted by atomic mass is 10.0. The van der Waals surface area contributed by atoms with Crippen LogP contribution in [0.15, 0.2) is 35.9 Å². The molecule has 1 N–H and O–H groups in total. The van der Waals surface area contributed by atoms with Gasteiger partial charge in [-0.25, -0.2) is 0 Å². The Morgan fingerprint density at radius 2 is 2.00 bits per heavy atom. The summed E-state index contributed by atoms with van der Waals surface area (Å²) in [7, 11) is 2.07. The Balaban J connectivity index is 2.02. The summed E-state index contributed by atoms with van der Waals surface area (Å²) in [6.07, 6.45) is 6.11. The minimum Gasteiger partial charge on any atom is -0.314 e. The molecule has 1 nitrogen and oxygen atoms in total. The first kappa shape index (κ1) is 10.4. The lowest BCUT2D eigenvalue weighted by molar-refractivity contribution is 0.547. The molecule has 0 amide bonds. The van der Waals surface area contributed by atoms with Crippen LogP contribution in [0.3, 0.4) is 0 Å². The molecular weight excluding hydrogens is 182 g/mol. The first-order valence-electron chi connectivity index (χ1n) is 5.65. The van der Waals surface area contributed by atoms with Crippen molar-refractivity contribution in [2.24, 2.45) is 0 Å². The summed E-state index contributed by atoms with van der Waals surface area (Å²) in [5.41, 5.74) is 3.20. The van der Waals surface area contributed by atoms with E-state index in [1.807, 2.05) is 0 Å². The Bertz CT molecular complexity index is 347. The summed E-state index contributed by atoms with van der Waals surface area (Å²) in [4.78, 5) is 0. The van der Waals surface area contributed by atoms with Crippen molar-refractivity contribution >= 4 is 6.08 Å². The molecule has 0 spiro atoms. The minimum atomic E-state index is 0.426. The van der Waals surface area contributed by atoms with E-state index in [2.05, 4.69) is 55.7 Å². The average molecular weight is 201 g/mol. The summed E-state index contributed by atoms with van der Waals surface area (Å²) in [5, 5.41) is 3.43. The second kappa shape index (κ2) is 4.19. The van der Waals surface area contributed by atoms with Crippen molar-refractivity contribution in [3.63, 3.8) is 0 Å². The average Bonchev–Trinajstić information content (AvgIpc) is 3.00. The van der Waals surface area contributed by atoms with Gasteiger partial charge in [0.15, 0.2) is 0 Å². The summed E-state index contributed by atoms with van der Waals surface area (Å²) in [5.74, 6) is 0. The predicted molar refractivity (Wildman–Crippen MR) is 65.7 cm³/mol. The first-order chi connectivity index (χ1) is 7.24. The van der Waals surface area contributed by atoms with Crippen molar-refractivity contribution in [3.8, 4) is 0 Å². The summed E-state index contributed by atoms with van der Waals surface area (Å²) in [6.45, 7) is 2.23. The van der Waals surface area contributed by atoms with Gasteiger partial charge in [-0.2, -0.15) is 0 Å². The number of hydrogen-bond donors (Lipinski definition) is 1. The summed E-state index contributed by atoms with van der Waals surface area (Å²) in [6, 6.07) is 10.5. The third-order valence-electron chi connectivity index (χ3n) is 3.21. The molecule has 0 aromatic heterocycles. The molecule has 0 unspecified atom stereocenters. The van der Waals surface area contributed by atoms with E-state index < -0.39 is 0 Å². The van der Waals surface area contributed by atoms with Gasteiger partial charge in [0, 0.05) is 5.54 Å². The number of hydrogen-bond acceptors (Lipinski definition) is 1. The van der Waals surface area contributed by atoms with Crippen LogP contribution < -0.4 is 5.32 Å². The van der Waals surface area contributed by atoms with Crippen molar-refractivity contribution in [1.82, 2.24) is 5.32 Å². The Kier molecular flexibility index (Phi) is 2.92. The largest absolute Gasteiger partial charge is 0.314 e. The van der Waals surface area contributed by atoms with E-state index in [0.29, 0.717) is 5.54 Å². The standard InChI is InChI=1S/C14H19N/c1-12(11-14(15-2)8-9-14)10-13-6-4-3-5-7-13/h3-7,10,15H,8-9,11H2,1-2H3/b12-10+. The normalized spacial score (nSPS) is 18.9. The molecule has 0 radical (unpaired) electrons. The lowest BCUT2D eigenvalue weighted by Gasteiger charge is -2.14. The van der Waals surface area contributed by atoms with Crippen molar-refractivity contribution in [1.29, 1.82) is 0 Å². The topological polar surface area (TPSA) is 12.0 Å². The molecule has 1 aromatic rings. The maximum Gasteiger partial charge on any atom is 0.0216 e. The highest BCUT2D eigenvalue weighted by Gasteiger charge is 2.40. The molecule has 0 atom stereocenters. The van der Waals surface area contributed by atoms with Crippen LogP contribution in [0, 0.1) is 0 Å². The Hall–Kier alpha value is -1.08. The number of benzene rings is 1. The zero-order valence-electron chi connectivity index (χ0n) is 9.59. The van der Waals surface area contributed by atoms with Crippen LogP contribution in [0.4, 0.5) is 0 Å². The molecule has 2 rings (SSSR count).